The van der Waals surface area contributed by atoms with Crippen molar-refractivity contribution in [1.29, 1.82) is 0 Å². The molecule has 1 aliphatic carbocycles. The number of hydrogen-bond acceptors (Lipinski definition) is 2. The third-order valence-electron chi connectivity index (χ3n) is 3.99. The van der Waals surface area contributed by atoms with Gasteiger partial charge >= 0.3 is 0 Å². The summed E-state index contributed by atoms with van der Waals surface area (Å²) in [5, 5.41) is 6.60. The van der Waals surface area contributed by atoms with Crippen molar-refractivity contribution in [2.24, 2.45) is 0 Å². The van der Waals surface area contributed by atoms with Gasteiger partial charge < -0.3 is 5.32 Å². The highest BCUT2D eigenvalue weighted by atomic mass is 16.1. The number of aromatic amines is 1. The molecule has 0 radical (unpaired) electrons. The van der Waals surface area contributed by atoms with E-state index in [0.717, 1.165) is 30.6 Å². The standard InChI is InChI=1S/C12H19N3O/c1-8-11-10(7-13-8)14-15(12(11)16)9-5-3-2-4-6-9/h8-9,13-14H,2-7H2,1H3. The molecule has 4 heteroatoms. The predicted octanol–water partition coefficient (Wildman–Crippen LogP) is 1.85. The molecule has 2 aliphatic rings. The summed E-state index contributed by atoms with van der Waals surface area (Å²) in [5.41, 5.74) is 2.27. The lowest BCUT2D eigenvalue weighted by Crippen LogP contribution is -2.28. The van der Waals surface area contributed by atoms with E-state index in [-0.39, 0.29) is 11.6 Å². The Hall–Kier alpha value is -1.03. The maximum Gasteiger partial charge on any atom is 0.271 e. The zero-order valence-electron chi connectivity index (χ0n) is 9.75. The average molecular weight is 221 g/mol. The van der Waals surface area contributed by atoms with Crippen LogP contribution in [0.3, 0.4) is 0 Å². The zero-order valence-corrected chi connectivity index (χ0v) is 9.75. The molecule has 16 heavy (non-hydrogen) atoms. The van der Waals surface area contributed by atoms with E-state index < -0.39 is 0 Å². The van der Waals surface area contributed by atoms with E-state index in [2.05, 4.69) is 17.3 Å². The molecule has 2 heterocycles. The third-order valence-corrected chi connectivity index (χ3v) is 3.99. The molecule has 3 rings (SSSR count). The fourth-order valence-electron chi connectivity index (χ4n) is 3.05. The molecule has 88 valence electrons. The average Bonchev–Trinajstić information content (AvgIpc) is 2.83. The second-order valence-corrected chi connectivity index (χ2v) is 5.07. The van der Waals surface area contributed by atoms with Crippen molar-refractivity contribution in [2.45, 2.75) is 57.7 Å². The highest BCUT2D eigenvalue weighted by molar-refractivity contribution is 5.25. The highest BCUT2D eigenvalue weighted by Crippen LogP contribution is 2.28. The maximum atomic E-state index is 12.3. The van der Waals surface area contributed by atoms with E-state index in [1.165, 1.54) is 19.3 Å². The van der Waals surface area contributed by atoms with Crippen LogP contribution in [0, 0.1) is 0 Å². The van der Waals surface area contributed by atoms with Gasteiger partial charge in [-0.2, -0.15) is 0 Å². The second kappa shape index (κ2) is 3.77. The number of nitrogens with one attached hydrogen (secondary N) is 2. The first-order valence-corrected chi connectivity index (χ1v) is 6.34. The van der Waals surface area contributed by atoms with Crippen LogP contribution in [-0.4, -0.2) is 9.78 Å². The molecular weight excluding hydrogens is 202 g/mol. The van der Waals surface area contributed by atoms with Crippen molar-refractivity contribution >= 4 is 0 Å². The van der Waals surface area contributed by atoms with Crippen molar-refractivity contribution in [3.8, 4) is 0 Å². The van der Waals surface area contributed by atoms with Crippen LogP contribution >= 0.6 is 0 Å². The lowest BCUT2D eigenvalue weighted by atomic mass is 9.96. The Balaban J connectivity index is 1.97. The SMILES string of the molecule is CC1NCc2[nH]n(C3CCCCC3)c(=O)c21. The minimum absolute atomic E-state index is 0.208. The number of nitrogens with zero attached hydrogens (tertiary/aromatic N) is 1. The summed E-state index contributed by atoms with van der Waals surface area (Å²) in [7, 11) is 0. The molecule has 1 atom stereocenters. The predicted molar refractivity (Wildman–Crippen MR) is 62.4 cm³/mol. The van der Waals surface area contributed by atoms with Crippen LogP contribution < -0.4 is 10.9 Å². The minimum Gasteiger partial charge on any atom is -0.304 e. The largest absolute Gasteiger partial charge is 0.304 e. The molecule has 1 saturated carbocycles. The van der Waals surface area contributed by atoms with Gasteiger partial charge in [-0.15, -0.1) is 0 Å². The zero-order chi connectivity index (χ0) is 11.1. The number of rotatable bonds is 1. The summed E-state index contributed by atoms with van der Waals surface area (Å²) in [6.45, 7) is 2.87. The molecule has 0 saturated heterocycles. The second-order valence-electron chi connectivity index (χ2n) is 5.07. The number of H-pyrrole nitrogens is 1. The number of hydrogen-bond donors (Lipinski definition) is 2. The molecule has 0 bridgehead atoms. The van der Waals surface area contributed by atoms with Gasteiger partial charge in [-0.3, -0.25) is 9.89 Å². The normalized spacial score (nSPS) is 25.9. The fraction of sp³-hybridized carbons (Fsp3) is 0.750. The molecule has 0 spiro atoms. The summed E-state index contributed by atoms with van der Waals surface area (Å²) in [6, 6.07) is 0.627. The molecular formula is C12H19N3O. The minimum atomic E-state index is 0.208. The van der Waals surface area contributed by atoms with Crippen molar-refractivity contribution < 1.29 is 0 Å². The van der Waals surface area contributed by atoms with Gasteiger partial charge in [0.1, 0.15) is 0 Å². The van der Waals surface area contributed by atoms with Crippen LogP contribution in [0.25, 0.3) is 0 Å². The van der Waals surface area contributed by atoms with E-state index in [0.29, 0.717) is 6.04 Å². The first-order chi connectivity index (χ1) is 7.77. The van der Waals surface area contributed by atoms with E-state index in [1.807, 2.05) is 4.68 Å². The molecule has 1 aromatic heterocycles. The quantitative estimate of drug-likeness (QED) is 0.760. The topological polar surface area (TPSA) is 49.8 Å². The van der Waals surface area contributed by atoms with E-state index in [4.69, 9.17) is 0 Å². The van der Waals surface area contributed by atoms with E-state index in [1.54, 1.807) is 0 Å². The highest BCUT2D eigenvalue weighted by Gasteiger charge is 2.28. The Morgan fingerprint density at radius 1 is 1.25 bits per heavy atom. The van der Waals surface area contributed by atoms with E-state index in [9.17, 15) is 4.79 Å². The smallest absolute Gasteiger partial charge is 0.271 e. The Kier molecular flexibility index (Phi) is 2.39. The summed E-state index contributed by atoms with van der Waals surface area (Å²) in [6.07, 6.45) is 6.15. The van der Waals surface area contributed by atoms with Gasteiger partial charge in [0.25, 0.3) is 5.56 Å². The molecule has 1 fully saturated rings. The molecule has 1 aliphatic heterocycles. The fourth-order valence-corrected chi connectivity index (χ4v) is 3.05. The van der Waals surface area contributed by atoms with Crippen LogP contribution in [0.15, 0.2) is 4.79 Å². The Morgan fingerprint density at radius 3 is 2.69 bits per heavy atom. The van der Waals surface area contributed by atoms with Gasteiger partial charge in [0.05, 0.1) is 17.3 Å². The van der Waals surface area contributed by atoms with Crippen LogP contribution in [0.4, 0.5) is 0 Å². The molecule has 1 aromatic rings. The van der Waals surface area contributed by atoms with Gasteiger partial charge in [-0.25, -0.2) is 4.68 Å². The van der Waals surface area contributed by atoms with Gasteiger partial charge in [-0.1, -0.05) is 19.3 Å². The first-order valence-electron chi connectivity index (χ1n) is 6.34. The number of aromatic nitrogens is 2. The maximum absolute atomic E-state index is 12.3. The first kappa shape index (κ1) is 10.1. The Morgan fingerprint density at radius 2 is 2.00 bits per heavy atom. The van der Waals surface area contributed by atoms with Crippen molar-refractivity contribution in [2.75, 3.05) is 0 Å². The van der Waals surface area contributed by atoms with Crippen LogP contribution in [0.2, 0.25) is 0 Å². The van der Waals surface area contributed by atoms with Gasteiger partial charge in [0.15, 0.2) is 0 Å². The van der Waals surface area contributed by atoms with Crippen LogP contribution in [0.5, 0.6) is 0 Å². The van der Waals surface area contributed by atoms with Gasteiger partial charge in [0, 0.05) is 12.6 Å². The number of fused-ring (bicyclic) bond motifs is 1. The van der Waals surface area contributed by atoms with Gasteiger partial charge in [-0.05, 0) is 19.8 Å². The van der Waals surface area contributed by atoms with Crippen LogP contribution in [0.1, 0.15) is 62.4 Å². The molecule has 2 N–H and O–H groups in total. The summed E-state index contributed by atoms with van der Waals surface area (Å²) >= 11 is 0. The summed E-state index contributed by atoms with van der Waals surface area (Å²) < 4.78 is 1.89. The third kappa shape index (κ3) is 1.44. The molecule has 1 unspecified atom stereocenters. The van der Waals surface area contributed by atoms with Crippen molar-refractivity contribution in [3.05, 3.63) is 21.6 Å². The summed E-state index contributed by atoms with van der Waals surface area (Å²) in [4.78, 5) is 12.3. The molecule has 4 nitrogen and oxygen atoms in total. The lowest BCUT2D eigenvalue weighted by Gasteiger charge is -2.22. The molecule has 0 aromatic carbocycles. The van der Waals surface area contributed by atoms with Crippen molar-refractivity contribution in [3.63, 3.8) is 0 Å². The van der Waals surface area contributed by atoms with E-state index >= 15 is 0 Å². The Bertz CT molecular complexity index is 440. The van der Waals surface area contributed by atoms with Crippen LogP contribution in [-0.2, 0) is 6.54 Å². The lowest BCUT2D eigenvalue weighted by molar-refractivity contribution is 0.320. The van der Waals surface area contributed by atoms with Gasteiger partial charge in [0.2, 0.25) is 0 Å². The monoisotopic (exact) mass is 221 g/mol. The summed E-state index contributed by atoms with van der Waals surface area (Å²) in [5.74, 6) is 0. The molecule has 0 amide bonds. The van der Waals surface area contributed by atoms with Crippen molar-refractivity contribution in [1.82, 2.24) is 15.1 Å². The Labute approximate surface area is 95.0 Å².